The van der Waals surface area contributed by atoms with Gasteiger partial charge in [0.25, 0.3) is 0 Å². The Morgan fingerprint density at radius 3 is 2.57 bits per heavy atom. The molecule has 2 amide bonds. The van der Waals surface area contributed by atoms with Crippen LogP contribution in [0.25, 0.3) is 5.53 Å². The molecule has 6 nitrogen and oxygen atoms in total. The summed E-state index contributed by atoms with van der Waals surface area (Å²) in [5.41, 5.74) is 7.99. The Kier molecular flexibility index (Phi) is 5.98. The number of nitrogens with zero attached hydrogens (tertiary/aromatic N) is 2. The Balaban J connectivity index is 3.63. The van der Waals surface area contributed by atoms with Crippen LogP contribution in [0.4, 0.5) is 0 Å². The predicted molar refractivity (Wildman–Crippen MR) is 50.5 cm³/mol. The van der Waals surface area contributed by atoms with Crippen LogP contribution in [-0.4, -0.2) is 35.9 Å². The minimum Gasteiger partial charge on any atom is -0.361 e. The Morgan fingerprint density at radius 1 is 1.43 bits per heavy atom. The van der Waals surface area contributed by atoms with Crippen LogP contribution in [0.1, 0.15) is 13.8 Å². The molecular formula is C8H14N4O2. The fourth-order valence-electron chi connectivity index (χ4n) is 0.646. The Bertz CT molecular complexity index is 256. The minimum absolute atomic E-state index is 0.114. The second-order valence-corrected chi connectivity index (χ2v) is 3.16. The van der Waals surface area contributed by atoms with Gasteiger partial charge in [0.05, 0.1) is 6.54 Å². The summed E-state index contributed by atoms with van der Waals surface area (Å²) in [6.07, 6.45) is 0.690. The van der Waals surface area contributed by atoms with E-state index in [1.165, 1.54) is 0 Å². The average Bonchev–Trinajstić information content (AvgIpc) is 2.12. The lowest BCUT2D eigenvalue weighted by molar-refractivity contribution is -0.124. The van der Waals surface area contributed by atoms with Crippen LogP contribution in [-0.2, 0) is 9.59 Å². The highest BCUT2D eigenvalue weighted by atomic mass is 16.2. The third-order valence-corrected chi connectivity index (χ3v) is 1.31. The van der Waals surface area contributed by atoms with Crippen LogP contribution in [0.3, 0.4) is 0 Å². The van der Waals surface area contributed by atoms with Crippen LogP contribution in [0.15, 0.2) is 0 Å². The van der Waals surface area contributed by atoms with Gasteiger partial charge >= 0.3 is 12.1 Å². The van der Waals surface area contributed by atoms with Crippen molar-refractivity contribution in [1.29, 1.82) is 0 Å². The van der Waals surface area contributed by atoms with E-state index in [0.717, 1.165) is 0 Å². The van der Waals surface area contributed by atoms with Crippen molar-refractivity contribution in [2.75, 3.05) is 13.1 Å². The van der Waals surface area contributed by atoms with E-state index < -0.39 is 5.91 Å². The molecule has 0 rings (SSSR count). The molecule has 0 heterocycles. The largest absolute Gasteiger partial charge is 0.361 e. The van der Waals surface area contributed by atoms with Gasteiger partial charge < -0.3 is 16.2 Å². The predicted octanol–water partition coefficient (Wildman–Crippen LogP) is -0.825. The molecule has 0 aromatic rings. The number of carbonyl (C=O) groups excluding carboxylic acids is 2. The number of hydrogen-bond acceptors (Lipinski definition) is 2. The van der Waals surface area contributed by atoms with E-state index >= 15 is 0 Å². The third-order valence-electron chi connectivity index (χ3n) is 1.31. The maximum Gasteiger partial charge on any atom is 0.344 e. The maximum absolute atomic E-state index is 11.0. The molecular weight excluding hydrogens is 184 g/mol. The van der Waals surface area contributed by atoms with Crippen molar-refractivity contribution in [2.24, 2.45) is 5.92 Å². The van der Waals surface area contributed by atoms with Gasteiger partial charge in [-0.2, -0.15) is 4.79 Å². The zero-order chi connectivity index (χ0) is 11.0. The second-order valence-electron chi connectivity index (χ2n) is 3.16. The van der Waals surface area contributed by atoms with Crippen molar-refractivity contribution in [1.82, 2.24) is 10.6 Å². The van der Waals surface area contributed by atoms with E-state index in [2.05, 4.69) is 15.4 Å². The normalized spacial score (nSPS) is 9.07. The number of hydrogen-bond donors (Lipinski definition) is 2. The van der Waals surface area contributed by atoms with E-state index in [1.807, 2.05) is 13.8 Å². The molecule has 0 saturated carbocycles. The standard InChI is InChI=1S/C8H14N4O2/c1-6(2)3-10-7(13)4-11-8(14)5-12-9/h5-6H,3-4H2,1-2H3,(H,10,13)(H,11,14). The second kappa shape index (κ2) is 6.80. The van der Waals surface area contributed by atoms with Crippen molar-refractivity contribution >= 4 is 18.0 Å². The lowest BCUT2D eigenvalue weighted by atomic mass is 10.2. The van der Waals surface area contributed by atoms with Gasteiger partial charge in [0, 0.05) is 6.54 Å². The van der Waals surface area contributed by atoms with Crippen LogP contribution >= 0.6 is 0 Å². The van der Waals surface area contributed by atoms with Gasteiger partial charge in [-0.3, -0.25) is 9.59 Å². The molecule has 0 unspecified atom stereocenters. The molecule has 0 atom stereocenters. The Morgan fingerprint density at radius 2 is 2.07 bits per heavy atom. The molecule has 14 heavy (non-hydrogen) atoms. The lowest BCUT2D eigenvalue weighted by Gasteiger charge is -2.06. The summed E-state index contributed by atoms with van der Waals surface area (Å²) in [5.74, 6) is -0.501. The first kappa shape index (κ1) is 12.3. The summed E-state index contributed by atoms with van der Waals surface area (Å²) >= 11 is 0. The first-order valence-corrected chi connectivity index (χ1v) is 4.28. The summed E-state index contributed by atoms with van der Waals surface area (Å²) in [4.78, 5) is 24.2. The van der Waals surface area contributed by atoms with Crippen molar-refractivity contribution < 1.29 is 14.4 Å². The number of rotatable bonds is 5. The highest BCUT2D eigenvalue weighted by Gasteiger charge is 2.05. The van der Waals surface area contributed by atoms with Crippen molar-refractivity contribution in [3.05, 3.63) is 5.53 Å². The summed E-state index contributed by atoms with van der Waals surface area (Å²) < 4.78 is 0. The summed E-state index contributed by atoms with van der Waals surface area (Å²) in [6.45, 7) is 4.40. The number of nitrogens with one attached hydrogen (secondary N) is 2. The summed E-state index contributed by atoms with van der Waals surface area (Å²) in [5, 5.41) is 4.87. The van der Waals surface area contributed by atoms with Crippen molar-refractivity contribution in [3.8, 4) is 0 Å². The van der Waals surface area contributed by atoms with Gasteiger partial charge in [0.1, 0.15) is 0 Å². The molecule has 0 aromatic heterocycles. The molecule has 0 fully saturated rings. The van der Waals surface area contributed by atoms with Crippen LogP contribution in [0.5, 0.6) is 0 Å². The smallest absolute Gasteiger partial charge is 0.344 e. The monoisotopic (exact) mass is 198 g/mol. The molecule has 0 bridgehead atoms. The average molecular weight is 198 g/mol. The van der Waals surface area contributed by atoms with Crippen molar-refractivity contribution in [3.63, 3.8) is 0 Å². The highest BCUT2D eigenvalue weighted by molar-refractivity contribution is 6.24. The minimum atomic E-state index is -0.604. The summed E-state index contributed by atoms with van der Waals surface area (Å²) in [7, 11) is 0. The first-order valence-electron chi connectivity index (χ1n) is 4.28. The van der Waals surface area contributed by atoms with E-state index in [0.29, 0.717) is 18.7 Å². The van der Waals surface area contributed by atoms with Crippen LogP contribution in [0.2, 0.25) is 0 Å². The van der Waals surface area contributed by atoms with E-state index in [9.17, 15) is 9.59 Å². The van der Waals surface area contributed by atoms with Gasteiger partial charge in [0.2, 0.25) is 5.91 Å². The number of carbonyl (C=O) groups is 2. The Labute approximate surface area is 82.3 Å². The van der Waals surface area contributed by atoms with Gasteiger partial charge in [-0.25, -0.2) is 0 Å². The molecule has 6 heteroatoms. The van der Waals surface area contributed by atoms with Gasteiger partial charge in [0.15, 0.2) is 0 Å². The van der Waals surface area contributed by atoms with Gasteiger partial charge in [-0.05, 0) is 5.92 Å². The molecule has 2 N–H and O–H groups in total. The van der Waals surface area contributed by atoms with E-state index in [1.54, 1.807) is 0 Å². The van der Waals surface area contributed by atoms with E-state index in [4.69, 9.17) is 5.53 Å². The number of amides is 2. The lowest BCUT2D eigenvalue weighted by Crippen LogP contribution is -2.38. The SMILES string of the molecule is CC(C)CNC(=O)CNC(=O)C=[N+]=[N-]. The Hall–Kier alpha value is -1.68. The quantitative estimate of drug-likeness (QED) is 0.343. The molecule has 0 aliphatic heterocycles. The fraction of sp³-hybridized carbons (Fsp3) is 0.625. The van der Waals surface area contributed by atoms with Crippen LogP contribution in [0, 0.1) is 5.92 Å². The topological polar surface area (TPSA) is 94.6 Å². The zero-order valence-electron chi connectivity index (χ0n) is 8.28. The van der Waals surface area contributed by atoms with Crippen LogP contribution < -0.4 is 10.6 Å². The first-order chi connectivity index (χ1) is 6.56. The molecule has 0 radical (unpaired) electrons. The molecule has 78 valence electrons. The van der Waals surface area contributed by atoms with E-state index in [-0.39, 0.29) is 12.5 Å². The summed E-state index contributed by atoms with van der Waals surface area (Å²) in [6, 6.07) is 0. The molecule has 0 saturated heterocycles. The molecule has 0 aliphatic carbocycles. The molecule has 0 aromatic carbocycles. The fourth-order valence-corrected chi connectivity index (χ4v) is 0.646. The molecule has 0 spiro atoms. The highest BCUT2D eigenvalue weighted by Crippen LogP contribution is 1.85. The van der Waals surface area contributed by atoms with Crippen molar-refractivity contribution in [2.45, 2.75) is 13.8 Å². The van der Waals surface area contributed by atoms with Gasteiger partial charge in [-0.15, -0.1) is 0 Å². The molecule has 0 aliphatic rings. The van der Waals surface area contributed by atoms with Gasteiger partial charge in [-0.1, -0.05) is 13.8 Å². The third kappa shape index (κ3) is 7.00. The maximum atomic E-state index is 11.0. The zero-order valence-corrected chi connectivity index (χ0v) is 8.28.